The van der Waals surface area contributed by atoms with E-state index < -0.39 is 0 Å². The van der Waals surface area contributed by atoms with Gasteiger partial charge in [0.15, 0.2) is 5.96 Å². The minimum atomic E-state index is -0.346. The van der Waals surface area contributed by atoms with Gasteiger partial charge in [-0.15, -0.1) is 24.0 Å². The van der Waals surface area contributed by atoms with Crippen molar-refractivity contribution in [2.45, 2.75) is 19.4 Å². The number of methoxy groups -OCH3 is 1. The van der Waals surface area contributed by atoms with Crippen molar-refractivity contribution in [3.63, 3.8) is 0 Å². The van der Waals surface area contributed by atoms with Crippen molar-refractivity contribution in [1.82, 2.24) is 20.9 Å². The highest BCUT2D eigenvalue weighted by Crippen LogP contribution is 2.30. The highest BCUT2D eigenvalue weighted by Gasteiger charge is 2.28. The van der Waals surface area contributed by atoms with Crippen LogP contribution in [0, 0.1) is 0 Å². The molecule has 0 spiro atoms. The molecule has 1 aromatic carbocycles. The molecular formula is C19H29IN6O3. The van der Waals surface area contributed by atoms with Gasteiger partial charge in [-0.05, 0) is 25.5 Å². The third-order valence-corrected chi connectivity index (χ3v) is 4.83. The maximum Gasteiger partial charge on any atom is 0.324 e. The Morgan fingerprint density at radius 3 is 2.83 bits per heavy atom. The maximum absolute atomic E-state index is 11.6. The first-order valence-electron chi connectivity index (χ1n) is 9.63. The minimum absolute atomic E-state index is 0. The van der Waals surface area contributed by atoms with E-state index in [2.05, 4.69) is 31.9 Å². The van der Waals surface area contributed by atoms with E-state index in [-0.39, 0.29) is 55.0 Å². The second-order valence-electron chi connectivity index (χ2n) is 6.71. The van der Waals surface area contributed by atoms with Crippen LogP contribution in [0.5, 0.6) is 5.75 Å². The number of benzene rings is 1. The van der Waals surface area contributed by atoms with Crippen LogP contribution in [0.25, 0.3) is 0 Å². The SMILES string of the molecule is CCNC(=NCCN1C(=O)CNC1=O)NC1CCN(c2ccccc2OC)C1.I. The maximum atomic E-state index is 11.6. The predicted octanol–water partition coefficient (Wildman–Crippen LogP) is 0.999. The van der Waals surface area contributed by atoms with Crippen molar-refractivity contribution >= 4 is 47.6 Å². The first-order chi connectivity index (χ1) is 13.6. The molecule has 2 aliphatic heterocycles. The van der Waals surface area contributed by atoms with Crippen molar-refractivity contribution in [2.75, 3.05) is 51.3 Å². The molecule has 1 atom stereocenters. The van der Waals surface area contributed by atoms with Gasteiger partial charge < -0.3 is 25.6 Å². The molecule has 2 fully saturated rings. The van der Waals surface area contributed by atoms with E-state index in [9.17, 15) is 9.59 Å². The highest BCUT2D eigenvalue weighted by molar-refractivity contribution is 14.0. The van der Waals surface area contributed by atoms with Crippen LogP contribution in [-0.4, -0.2) is 75.2 Å². The Morgan fingerprint density at radius 2 is 2.14 bits per heavy atom. The number of nitrogens with one attached hydrogen (secondary N) is 3. The summed E-state index contributed by atoms with van der Waals surface area (Å²) >= 11 is 0. The number of halogens is 1. The zero-order chi connectivity index (χ0) is 19.9. The summed E-state index contributed by atoms with van der Waals surface area (Å²) in [7, 11) is 1.69. The lowest BCUT2D eigenvalue weighted by atomic mass is 10.2. The number of rotatable bonds is 7. The van der Waals surface area contributed by atoms with Crippen LogP contribution in [0.15, 0.2) is 29.3 Å². The Morgan fingerprint density at radius 1 is 1.34 bits per heavy atom. The number of ether oxygens (including phenoxy) is 1. The summed E-state index contributed by atoms with van der Waals surface area (Å²) in [5.41, 5.74) is 1.09. The summed E-state index contributed by atoms with van der Waals surface area (Å²) in [6.07, 6.45) is 0.982. The molecule has 3 N–H and O–H groups in total. The van der Waals surface area contributed by atoms with E-state index in [1.165, 1.54) is 4.90 Å². The molecule has 3 rings (SSSR count). The Bertz CT molecular complexity index is 728. The molecule has 10 heteroatoms. The molecule has 0 aliphatic carbocycles. The number of amides is 3. The van der Waals surface area contributed by atoms with Gasteiger partial charge in [-0.1, -0.05) is 12.1 Å². The van der Waals surface area contributed by atoms with Gasteiger partial charge in [-0.25, -0.2) is 4.79 Å². The first kappa shape index (κ1) is 23.0. The molecule has 9 nitrogen and oxygen atoms in total. The number of hydrogen-bond donors (Lipinski definition) is 3. The Labute approximate surface area is 188 Å². The molecular weight excluding hydrogens is 487 g/mol. The van der Waals surface area contributed by atoms with Gasteiger partial charge in [0.1, 0.15) is 5.75 Å². The van der Waals surface area contributed by atoms with E-state index in [1.807, 2.05) is 25.1 Å². The van der Waals surface area contributed by atoms with Gasteiger partial charge in [0, 0.05) is 25.7 Å². The monoisotopic (exact) mass is 516 g/mol. The fourth-order valence-corrected chi connectivity index (χ4v) is 3.44. The lowest BCUT2D eigenvalue weighted by Gasteiger charge is -2.22. The second-order valence-corrected chi connectivity index (χ2v) is 6.71. The second kappa shape index (κ2) is 11.1. The molecule has 0 bridgehead atoms. The van der Waals surface area contributed by atoms with Crippen molar-refractivity contribution in [1.29, 1.82) is 0 Å². The van der Waals surface area contributed by atoms with Crippen molar-refractivity contribution in [3.05, 3.63) is 24.3 Å². The Kier molecular flexibility index (Phi) is 8.80. The molecule has 2 saturated heterocycles. The number of carbonyl (C=O) groups excluding carboxylic acids is 2. The summed E-state index contributed by atoms with van der Waals surface area (Å²) in [5.74, 6) is 1.36. The van der Waals surface area contributed by atoms with E-state index in [0.717, 1.165) is 37.5 Å². The largest absolute Gasteiger partial charge is 0.495 e. The molecule has 1 unspecified atom stereocenters. The van der Waals surface area contributed by atoms with Gasteiger partial charge in [0.25, 0.3) is 0 Å². The summed E-state index contributed by atoms with van der Waals surface area (Å²) in [6.45, 7) is 5.22. The number of nitrogens with zero attached hydrogens (tertiary/aromatic N) is 3. The average molecular weight is 516 g/mol. The minimum Gasteiger partial charge on any atom is -0.495 e. The van der Waals surface area contributed by atoms with E-state index in [4.69, 9.17) is 4.74 Å². The predicted molar refractivity (Wildman–Crippen MR) is 123 cm³/mol. The summed E-state index contributed by atoms with van der Waals surface area (Å²) < 4.78 is 5.47. The molecule has 0 aromatic heterocycles. The molecule has 29 heavy (non-hydrogen) atoms. The fraction of sp³-hybridized carbons (Fsp3) is 0.526. The molecule has 160 valence electrons. The van der Waals surface area contributed by atoms with Crippen molar-refractivity contribution < 1.29 is 14.3 Å². The lowest BCUT2D eigenvalue weighted by molar-refractivity contribution is -0.124. The summed E-state index contributed by atoms with van der Waals surface area (Å²) in [5, 5.41) is 9.19. The lowest BCUT2D eigenvalue weighted by Crippen LogP contribution is -2.45. The average Bonchev–Trinajstić information content (AvgIpc) is 3.29. The Hall–Kier alpha value is -2.24. The fourth-order valence-electron chi connectivity index (χ4n) is 3.44. The number of carbonyl (C=O) groups is 2. The number of hydrogen-bond acceptors (Lipinski definition) is 5. The van der Waals surface area contributed by atoms with Crippen LogP contribution in [0.4, 0.5) is 10.5 Å². The molecule has 3 amide bonds. The standard InChI is InChI=1S/C19H28N6O3.HI/c1-3-20-18(21-9-11-25-17(26)12-22-19(25)27)23-14-8-10-24(13-14)15-6-4-5-7-16(15)28-2;/h4-7,14H,3,8-13H2,1-2H3,(H,22,27)(H2,20,21,23);1H. The third kappa shape index (κ3) is 5.87. The van der Waals surface area contributed by atoms with Crippen LogP contribution in [0.2, 0.25) is 0 Å². The number of urea groups is 1. The van der Waals surface area contributed by atoms with Gasteiger partial charge in [0.2, 0.25) is 5.91 Å². The normalized spacial score (nSPS) is 19.1. The smallest absolute Gasteiger partial charge is 0.324 e. The van der Waals surface area contributed by atoms with Crippen LogP contribution < -0.4 is 25.6 Å². The number of aliphatic imine (C=N–C) groups is 1. The van der Waals surface area contributed by atoms with Gasteiger partial charge in [-0.3, -0.25) is 14.7 Å². The summed E-state index contributed by atoms with van der Waals surface area (Å²) in [6, 6.07) is 7.92. The molecule has 1 aromatic rings. The van der Waals surface area contributed by atoms with Crippen LogP contribution >= 0.6 is 24.0 Å². The van der Waals surface area contributed by atoms with Gasteiger partial charge in [-0.2, -0.15) is 0 Å². The molecule has 0 radical (unpaired) electrons. The third-order valence-electron chi connectivity index (χ3n) is 4.83. The molecule has 2 heterocycles. The van der Waals surface area contributed by atoms with E-state index >= 15 is 0 Å². The van der Waals surface area contributed by atoms with Gasteiger partial charge in [0.05, 0.1) is 32.4 Å². The van der Waals surface area contributed by atoms with Crippen molar-refractivity contribution in [2.24, 2.45) is 4.99 Å². The van der Waals surface area contributed by atoms with Crippen molar-refractivity contribution in [3.8, 4) is 5.75 Å². The highest BCUT2D eigenvalue weighted by atomic mass is 127. The van der Waals surface area contributed by atoms with E-state index in [1.54, 1.807) is 7.11 Å². The van der Waals surface area contributed by atoms with E-state index in [0.29, 0.717) is 12.5 Å². The zero-order valence-electron chi connectivity index (χ0n) is 16.8. The number of imide groups is 1. The number of guanidine groups is 1. The zero-order valence-corrected chi connectivity index (χ0v) is 19.1. The van der Waals surface area contributed by atoms with Crippen LogP contribution in [0.1, 0.15) is 13.3 Å². The van der Waals surface area contributed by atoms with Crippen LogP contribution in [-0.2, 0) is 4.79 Å². The number of anilines is 1. The first-order valence-corrected chi connectivity index (χ1v) is 9.63. The van der Waals surface area contributed by atoms with Crippen LogP contribution in [0.3, 0.4) is 0 Å². The number of para-hydroxylation sites is 2. The Balaban J connectivity index is 0.00000300. The molecule has 0 saturated carbocycles. The quantitative estimate of drug-likeness (QED) is 0.217. The molecule has 2 aliphatic rings. The van der Waals surface area contributed by atoms with Gasteiger partial charge >= 0.3 is 6.03 Å². The topological polar surface area (TPSA) is 98.3 Å². The summed E-state index contributed by atoms with van der Waals surface area (Å²) in [4.78, 5) is 31.2.